The summed E-state index contributed by atoms with van der Waals surface area (Å²) in [6.07, 6.45) is 5.98. The smallest absolute Gasteiger partial charge is 0.239 e. The zero-order chi connectivity index (χ0) is 21.3. The van der Waals surface area contributed by atoms with Gasteiger partial charge in [0.2, 0.25) is 17.0 Å². The molecule has 7 nitrogen and oxygen atoms in total. The first-order valence-electron chi connectivity index (χ1n) is 10.8. The third kappa shape index (κ3) is 5.84. The number of aromatic nitrogens is 3. The van der Waals surface area contributed by atoms with Gasteiger partial charge in [-0.1, -0.05) is 49.2 Å². The number of hydrogen-bond acceptors (Lipinski definition) is 5. The summed E-state index contributed by atoms with van der Waals surface area (Å²) in [5.41, 5.74) is 0.996. The standard InChI is InChI=1S/C22H31N5O2S/c1-3-23-19(28)15-26(4-2)20(29)16-30-22-24-21(17-11-7-5-8-12-17)27(25-22)18-13-9-6-10-14-18/h6,9-10,13-14,17H,3-5,7-8,11-12,15-16H2,1-2H3,(H,23,28). The molecule has 0 aliphatic heterocycles. The summed E-state index contributed by atoms with van der Waals surface area (Å²) >= 11 is 1.34. The minimum Gasteiger partial charge on any atom is -0.355 e. The highest BCUT2D eigenvalue weighted by Gasteiger charge is 2.24. The van der Waals surface area contributed by atoms with Crippen LogP contribution in [0.4, 0.5) is 0 Å². The van der Waals surface area contributed by atoms with Crippen molar-refractivity contribution in [2.75, 3.05) is 25.4 Å². The van der Waals surface area contributed by atoms with Crippen molar-refractivity contribution >= 4 is 23.6 Å². The Kier molecular flexibility index (Phi) is 8.30. The summed E-state index contributed by atoms with van der Waals surface area (Å²) in [5.74, 6) is 1.40. The van der Waals surface area contributed by atoms with Gasteiger partial charge < -0.3 is 10.2 Å². The van der Waals surface area contributed by atoms with Crippen LogP contribution in [0.3, 0.4) is 0 Å². The molecule has 2 aromatic rings. The molecule has 1 heterocycles. The first-order chi connectivity index (χ1) is 14.6. The van der Waals surface area contributed by atoms with Crippen LogP contribution in [-0.4, -0.2) is 56.9 Å². The molecular formula is C22H31N5O2S. The average molecular weight is 430 g/mol. The number of nitrogens with one attached hydrogen (secondary N) is 1. The quantitative estimate of drug-likeness (QED) is 0.618. The first-order valence-corrected chi connectivity index (χ1v) is 11.8. The number of amides is 2. The van der Waals surface area contributed by atoms with Gasteiger partial charge in [0.25, 0.3) is 0 Å². The van der Waals surface area contributed by atoms with Crippen molar-refractivity contribution in [3.05, 3.63) is 36.2 Å². The van der Waals surface area contributed by atoms with Gasteiger partial charge in [0, 0.05) is 19.0 Å². The minimum absolute atomic E-state index is 0.0796. The van der Waals surface area contributed by atoms with Gasteiger partial charge in [-0.25, -0.2) is 9.67 Å². The Balaban J connectivity index is 1.72. The van der Waals surface area contributed by atoms with E-state index in [1.54, 1.807) is 4.90 Å². The molecule has 3 rings (SSSR count). The second-order valence-electron chi connectivity index (χ2n) is 7.48. The summed E-state index contributed by atoms with van der Waals surface area (Å²) in [6, 6.07) is 10.1. The SMILES string of the molecule is CCNC(=O)CN(CC)C(=O)CSc1nc(C2CCCCC2)n(-c2ccccc2)n1. The Morgan fingerprint density at radius 2 is 1.90 bits per heavy atom. The molecule has 8 heteroatoms. The van der Waals surface area contributed by atoms with E-state index >= 15 is 0 Å². The predicted molar refractivity (Wildman–Crippen MR) is 119 cm³/mol. The van der Waals surface area contributed by atoms with Crippen molar-refractivity contribution in [3.8, 4) is 5.69 Å². The van der Waals surface area contributed by atoms with Gasteiger partial charge in [-0.3, -0.25) is 9.59 Å². The molecule has 1 aromatic heterocycles. The van der Waals surface area contributed by atoms with Crippen molar-refractivity contribution in [1.29, 1.82) is 0 Å². The number of hydrogen-bond donors (Lipinski definition) is 1. The van der Waals surface area contributed by atoms with Gasteiger partial charge in [0.15, 0.2) is 0 Å². The Morgan fingerprint density at radius 3 is 2.57 bits per heavy atom. The highest BCUT2D eigenvalue weighted by molar-refractivity contribution is 7.99. The minimum atomic E-state index is -0.135. The molecule has 0 radical (unpaired) electrons. The van der Waals surface area contributed by atoms with Crippen LogP contribution in [0.25, 0.3) is 5.69 Å². The van der Waals surface area contributed by atoms with Crippen molar-refractivity contribution in [1.82, 2.24) is 25.0 Å². The van der Waals surface area contributed by atoms with Gasteiger partial charge >= 0.3 is 0 Å². The van der Waals surface area contributed by atoms with Crippen LogP contribution in [-0.2, 0) is 9.59 Å². The van der Waals surface area contributed by atoms with Crippen LogP contribution < -0.4 is 5.32 Å². The second-order valence-corrected chi connectivity index (χ2v) is 8.43. The highest BCUT2D eigenvalue weighted by Crippen LogP contribution is 2.33. The van der Waals surface area contributed by atoms with E-state index in [1.165, 1.54) is 31.0 Å². The van der Waals surface area contributed by atoms with Gasteiger partial charge in [-0.05, 0) is 38.8 Å². The van der Waals surface area contributed by atoms with E-state index in [1.807, 2.05) is 48.9 Å². The molecule has 1 saturated carbocycles. The Bertz CT molecular complexity index is 833. The Labute approximate surface area is 182 Å². The summed E-state index contributed by atoms with van der Waals surface area (Å²) in [5, 5.41) is 8.07. The molecule has 1 fully saturated rings. The summed E-state index contributed by atoms with van der Waals surface area (Å²) in [6.45, 7) is 4.89. The molecule has 1 aromatic carbocycles. The molecule has 0 unspecified atom stereocenters. The van der Waals surface area contributed by atoms with Gasteiger partial charge in [0.05, 0.1) is 18.0 Å². The van der Waals surface area contributed by atoms with Crippen LogP contribution >= 0.6 is 11.8 Å². The Morgan fingerprint density at radius 1 is 1.17 bits per heavy atom. The highest BCUT2D eigenvalue weighted by atomic mass is 32.2. The average Bonchev–Trinajstić information content (AvgIpc) is 3.21. The fraction of sp³-hybridized carbons (Fsp3) is 0.545. The number of nitrogens with zero attached hydrogens (tertiary/aromatic N) is 4. The first kappa shape index (κ1) is 22.3. The summed E-state index contributed by atoms with van der Waals surface area (Å²) in [4.78, 5) is 30.8. The summed E-state index contributed by atoms with van der Waals surface area (Å²) < 4.78 is 1.94. The maximum absolute atomic E-state index is 12.6. The van der Waals surface area contributed by atoms with Crippen LogP contribution in [0.5, 0.6) is 0 Å². The third-order valence-electron chi connectivity index (χ3n) is 5.35. The van der Waals surface area contributed by atoms with Crippen LogP contribution in [0.15, 0.2) is 35.5 Å². The summed E-state index contributed by atoms with van der Waals surface area (Å²) in [7, 11) is 0. The third-order valence-corrected chi connectivity index (χ3v) is 6.17. The number of rotatable bonds is 9. The lowest BCUT2D eigenvalue weighted by molar-refractivity contribution is -0.133. The number of benzene rings is 1. The topological polar surface area (TPSA) is 80.1 Å². The van der Waals surface area contributed by atoms with E-state index in [-0.39, 0.29) is 24.1 Å². The molecule has 0 spiro atoms. The molecule has 1 aliphatic carbocycles. The van der Waals surface area contributed by atoms with Gasteiger partial charge in [0.1, 0.15) is 5.82 Å². The second kappa shape index (κ2) is 11.2. The number of para-hydroxylation sites is 1. The van der Waals surface area contributed by atoms with E-state index in [0.717, 1.165) is 24.4 Å². The van der Waals surface area contributed by atoms with E-state index in [9.17, 15) is 9.59 Å². The monoisotopic (exact) mass is 429 g/mol. The van der Waals surface area contributed by atoms with E-state index < -0.39 is 0 Å². The fourth-order valence-corrected chi connectivity index (χ4v) is 4.50. The largest absolute Gasteiger partial charge is 0.355 e. The number of carbonyl (C=O) groups excluding carboxylic acids is 2. The lowest BCUT2D eigenvalue weighted by Crippen LogP contribution is -2.41. The van der Waals surface area contributed by atoms with Crippen LogP contribution in [0.2, 0.25) is 0 Å². The molecule has 1 N–H and O–H groups in total. The molecule has 0 atom stereocenters. The number of likely N-dealkylation sites (N-methyl/N-ethyl adjacent to an activating group) is 2. The number of thioether (sulfide) groups is 1. The lowest BCUT2D eigenvalue weighted by atomic mass is 9.88. The molecule has 30 heavy (non-hydrogen) atoms. The van der Waals surface area contributed by atoms with E-state index in [4.69, 9.17) is 10.1 Å². The zero-order valence-electron chi connectivity index (χ0n) is 17.8. The van der Waals surface area contributed by atoms with Crippen molar-refractivity contribution in [3.63, 3.8) is 0 Å². The van der Waals surface area contributed by atoms with Crippen molar-refractivity contribution in [2.45, 2.75) is 57.0 Å². The van der Waals surface area contributed by atoms with Gasteiger partial charge in [-0.2, -0.15) is 0 Å². The zero-order valence-corrected chi connectivity index (χ0v) is 18.7. The maximum atomic E-state index is 12.6. The van der Waals surface area contributed by atoms with Crippen molar-refractivity contribution < 1.29 is 9.59 Å². The van der Waals surface area contributed by atoms with Crippen molar-refractivity contribution in [2.24, 2.45) is 0 Å². The van der Waals surface area contributed by atoms with Crippen LogP contribution in [0.1, 0.15) is 57.7 Å². The molecule has 0 saturated heterocycles. The molecule has 1 aliphatic rings. The Hall–Kier alpha value is -2.35. The normalized spacial score (nSPS) is 14.5. The maximum Gasteiger partial charge on any atom is 0.239 e. The van der Waals surface area contributed by atoms with Crippen LogP contribution in [0, 0.1) is 0 Å². The predicted octanol–water partition coefficient (Wildman–Crippen LogP) is 3.39. The molecule has 0 bridgehead atoms. The lowest BCUT2D eigenvalue weighted by Gasteiger charge is -2.21. The fourth-order valence-electron chi connectivity index (χ4n) is 3.77. The van der Waals surface area contributed by atoms with E-state index in [0.29, 0.717) is 24.2 Å². The number of carbonyl (C=O) groups is 2. The molecule has 2 amide bonds. The molecule has 162 valence electrons. The van der Waals surface area contributed by atoms with E-state index in [2.05, 4.69) is 5.32 Å². The van der Waals surface area contributed by atoms with Gasteiger partial charge in [-0.15, -0.1) is 5.10 Å². The molecular weight excluding hydrogens is 398 g/mol.